The van der Waals surface area contributed by atoms with Gasteiger partial charge in [0.1, 0.15) is 12.4 Å². The Labute approximate surface area is 165 Å². The minimum atomic E-state index is -4.66. The summed E-state index contributed by atoms with van der Waals surface area (Å²) in [5.74, 6) is -0.682. The molecule has 2 aliphatic rings. The van der Waals surface area contributed by atoms with Crippen LogP contribution in [-0.2, 0) is 16.1 Å². The number of carbonyl (C=O) groups excluding carboxylic acids is 2. The van der Waals surface area contributed by atoms with Crippen molar-refractivity contribution < 1.29 is 37.4 Å². The summed E-state index contributed by atoms with van der Waals surface area (Å²) >= 11 is 0. The molecule has 7 nitrogen and oxygen atoms in total. The maximum atomic E-state index is 13.0. The molecule has 1 atom stereocenters. The second-order valence-electron chi connectivity index (χ2n) is 7.43. The van der Waals surface area contributed by atoms with Crippen LogP contribution in [0.3, 0.4) is 0 Å². The van der Waals surface area contributed by atoms with E-state index in [-0.39, 0.29) is 49.4 Å². The molecule has 1 aromatic carbocycles. The SMILES string of the molecule is C[C@H]1COc2cc(C(=O)NO)ccc2CN1C(=O)C1CCC(OC(F)(F)F)CC1. The number of nitrogens with zero attached hydrogens (tertiary/aromatic N) is 1. The second kappa shape index (κ2) is 8.58. The molecule has 0 spiro atoms. The van der Waals surface area contributed by atoms with Crippen molar-refractivity contribution in [3.8, 4) is 5.75 Å². The third kappa shape index (κ3) is 5.18. The van der Waals surface area contributed by atoms with Crippen LogP contribution in [0.4, 0.5) is 13.2 Å². The molecule has 0 saturated heterocycles. The van der Waals surface area contributed by atoms with E-state index in [0.717, 1.165) is 0 Å². The first-order valence-electron chi connectivity index (χ1n) is 9.43. The predicted octanol–water partition coefficient (Wildman–Crippen LogP) is 3.01. The number of carbonyl (C=O) groups is 2. The van der Waals surface area contributed by atoms with Gasteiger partial charge in [0.15, 0.2) is 0 Å². The number of hydrogen-bond acceptors (Lipinski definition) is 5. The summed E-state index contributed by atoms with van der Waals surface area (Å²) in [7, 11) is 0. The number of ether oxygens (including phenoxy) is 2. The van der Waals surface area contributed by atoms with Crippen molar-refractivity contribution in [3.05, 3.63) is 29.3 Å². The minimum absolute atomic E-state index is 0.114. The van der Waals surface area contributed by atoms with Gasteiger partial charge in [-0.3, -0.25) is 19.5 Å². The molecule has 0 aromatic heterocycles. The van der Waals surface area contributed by atoms with Crippen molar-refractivity contribution in [2.45, 2.75) is 57.7 Å². The molecule has 0 bridgehead atoms. The van der Waals surface area contributed by atoms with Gasteiger partial charge in [-0.05, 0) is 44.7 Å². The highest BCUT2D eigenvalue weighted by Gasteiger charge is 2.38. The number of hydroxylamine groups is 1. The quantitative estimate of drug-likeness (QED) is 0.584. The summed E-state index contributed by atoms with van der Waals surface area (Å²) in [5, 5.41) is 8.77. The molecular formula is C19H23F3N2O5. The van der Waals surface area contributed by atoms with Gasteiger partial charge in [-0.1, -0.05) is 6.07 Å². The Hall–Kier alpha value is -2.33. The minimum Gasteiger partial charge on any atom is -0.491 e. The normalized spacial score (nSPS) is 24.9. The van der Waals surface area contributed by atoms with E-state index in [4.69, 9.17) is 9.94 Å². The summed E-state index contributed by atoms with van der Waals surface area (Å²) in [6.07, 6.45) is -4.51. The third-order valence-electron chi connectivity index (χ3n) is 5.39. The number of halogens is 3. The lowest BCUT2D eigenvalue weighted by Crippen LogP contribution is -2.44. The Morgan fingerprint density at radius 2 is 1.93 bits per heavy atom. The molecule has 2 N–H and O–H groups in total. The lowest BCUT2D eigenvalue weighted by molar-refractivity contribution is -0.345. The highest BCUT2D eigenvalue weighted by molar-refractivity contribution is 5.93. The van der Waals surface area contributed by atoms with E-state index in [1.165, 1.54) is 12.1 Å². The molecule has 2 amide bonds. The second-order valence-corrected chi connectivity index (χ2v) is 7.43. The van der Waals surface area contributed by atoms with Crippen LogP contribution in [-0.4, -0.2) is 47.0 Å². The Bertz CT molecular complexity index is 763. The van der Waals surface area contributed by atoms with Crippen LogP contribution in [0.25, 0.3) is 0 Å². The molecule has 3 rings (SSSR count). The van der Waals surface area contributed by atoms with Crippen molar-refractivity contribution in [1.82, 2.24) is 10.4 Å². The Morgan fingerprint density at radius 1 is 1.24 bits per heavy atom. The van der Waals surface area contributed by atoms with Crippen LogP contribution < -0.4 is 10.2 Å². The molecule has 160 valence electrons. The molecule has 1 saturated carbocycles. The van der Waals surface area contributed by atoms with Gasteiger partial charge in [0, 0.05) is 23.6 Å². The molecule has 10 heteroatoms. The zero-order valence-electron chi connectivity index (χ0n) is 15.9. The van der Waals surface area contributed by atoms with Crippen molar-refractivity contribution in [2.75, 3.05) is 6.61 Å². The van der Waals surface area contributed by atoms with Gasteiger partial charge >= 0.3 is 6.36 Å². The Morgan fingerprint density at radius 3 is 2.55 bits per heavy atom. The average molecular weight is 416 g/mol. The highest BCUT2D eigenvalue weighted by Crippen LogP contribution is 2.34. The van der Waals surface area contributed by atoms with E-state index in [2.05, 4.69) is 4.74 Å². The molecule has 1 heterocycles. The van der Waals surface area contributed by atoms with E-state index < -0.39 is 18.4 Å². The maximum absolute atomic E-state index is 13.0. The zero-order chi connectivity index (χ0) is 21.2. The summed E-state index contributed by atoms with van der Waals surface area (Å²) < 4.78 is 46.9. The molecule has 0 unspecified atom stereocenters. The molecule has 1 aromatic rings. The van der Waals surface area contributed by atoms with Crippen LogP contribution in [0.1, 0.15) is 48.5 Å². The molecule has 1 fully saturated rings. The maximum Gasteiger partial charge on any atom is 0.522 e. The van der Waals surface area contributed by atoms with Crippen molar-refractivity contribution in [1.29, 1.82) is 0 Å². The average Bonchev–Trinajstić information content (AvgIpc) is 2.84. The van der Waals surface area contributed by atoms with Crippen LogP contribution in [0.15, 0.2) is 18.2 Å². The van der Waals surface area contributed by atoms with Crippen LogP contribution in [0.5, 0.6) is 5.75 Å². The predicted molar refractivity (Wildman–Crippen MR) is 94.1 cm³/mol. The van der Waals surface area contributed by atoms with Gasteiger partial charge in [-0.2, -0.15) is 0 Å². The van der Waals surface area contributed by atoms with Gasteiger partial charge in [0.2, 0.25) is 5.91 Å². The van der Waals surface area contributed by atoms with E-state index >= 15 is 0 Å². The fraction of sp³-hybridized carbons (Fsp3) is 0.579. The van der Waals surface area contributed by atoms with Crippen molar-refractivity contribution in [2.24, 2.45) is 5.92 Å². The number of fused-ring (bicyclic) bond motifs is 1. The van der Waals surface area contributed by atoms with Crippen molar-refractivity contribution in [3.63, 3.8) is 0 Å². The smallest absolute Gasteiger partial charge is 0.491 e. The van der Waals surface area contributed by atoms with Crippen LogP contribution in [0, 0.1) is 5.92 Å². The standard InChI is InChI=1S/C19H23F3N2O5/c1-11-10-28-16-8-13(17(25)23-27)2-3-14(16)9-24(11)18(26)12-4-6-15(7-5-12)29-19(20,21)22/h2-3,8,11-12,15,27H,4-7,9-10H2,1H3,(H,23,25)/t11-,12?,15?/m0/s1. The van der Waals surface area contributed by atoms with Crippen molar-refractivity contribution >= 4 is 11.8 Å². The highest BCUT2D eigenvalue weighted by atomic mass is 19.4. The number of amides is 2. The fourth-order valence-corrected chi connectivity index (χ4v) is 3.81. The molecular weight excluding hydrogens is 393 g/mol. The van der Waals surface area contributed by atoms with Crippen LogP contribution >= 0.6 is 0 Å². The number of alkyl halides is 3. The van der Waals surface area contributed by atoms with Gasteiger partial charge < -0.3 is 9.64 Å². The summed E-state index contributed by atoms with van der Waals surface area (Å²) in [4.78, 5) is 26.3. The summed E-state index contributed by atoms with van der Waals surface area (Å²) in [5.41, 5.74) is 2.50. The summed E-state index contributed by atoms with van der Waals surface area (Å²) in [6, 6.07) is 4.44. The lowest BCUT2D eigenvalue weighted by atomic mass is 9.86. The first-order valence-corrected chi connectivity index (χ1v) is 9.43. The molecule has 29 heavy (non-hydrogen) atoms. The van der Waals surface area contributed by atoms with Gasteiger partial charge in [0.05, 0.1) is 12.1 Å². The molecule has 0 radical (unpaired) electrons. The lowest BCUT2D eigenvalue weighted by Gasteiger charge is -2.34. The Balaban J connectivity index is 1.67. The monoisotopic (exact) mass is 416 g/mol. The summed E-state index contributed by atoms with van der Waals surface area (Å²) in [6.45, 7) is 2.33. The van der Waals surface area contributed by atoms with Gasteiger partial charge in [-0.15, -0.1) is 13.2 Å². The first-order chi connectivity index (χ1) is 13.7. The molecule has 1 aliphatic carbocycles. The van der Waals surface area contributed by atoms with Crippen LogP contribution in [0.2, 0.25) is 0 Å². The first kappa shape index (κ1) is 21.4. The number of rotatable bonds is 3. The van der Waals surface area contributed by atoms with Gasteiger partial charge in [0.25, 0.3) is 5.91 Å². The largest absolute Gasteiger partial charge is 0.522 e. The number of benzene rings is 1. The van der Waals surface area contributed by atoms with Gasteiger partial charge in [-0.25, -0.2) is 5.48 Å². The topological polar surface area (TPSA) is 88.1 Å². The molecule has 1 aliphatic heterocycles. The zero-order valence-corrected chi connectivity index (χ0v) is 15.9. The van der Waals surface area contributed by atoms with E-state index in [0.29, 0.717) is 24.2 Å². The fourth-order valence-electron chi connectivity index (χ4n) is 3.81. The van der Waals surface area contributed by atoms with E-state index in [1.807, 2.05) is 6.92 Å². The Kier molecular flexibility index (Phi) is 6.33. The van der Waals surface area contributed by atoms with E-state index in [9.17, 15) is 22.8 Å². The third-order valence-corrected chi connectivity index (χ3v) is 5.39. The van der Waals surface area contributed by atoms with E-state index in [1.54, 1.807) is 16.4 Å². The number of nitrogens with one attached hydrogen (secondary N) is 1. The number of hydrogen-bond donors (Lipinski definition) is 2.